The molecule has 0 bridgehead atoms. The molecule has 0 aliphatic heterocycles. The Kier molecular flexibility index (Phi) is 8.62. The molecule has 1 amide bonds. The molecule has 0 unspecified atom stereocenters. The lowest BCUT2D eigenvalue weighted by molar-refractivity contribution is -0.384. The van der Waals surface area contributed by atoms with E-state index in [0.717, 1.165) is 24.8 Å². The molecule has 2 aromatic carbocycles. The summed E-state index contributed by atoms with van der Waals surface area (Å²) in [7, 11) is 0. The van der Waals surface area contributed by atoms with E-state index in [4.69, 9.17) is 9.47 Å². The van der Waals surface area contributed by atoms with Gasteiger partial charge in [0.1, 0.15) is 0 Å². The van der Waals surface area contributed by atoms with Gasteiger partial charge >= 0.3 is 0 Å². The summed E-state index contributed by atoms with van der Waals surface area (Å²) in [6.07, 6.45) is 4.72. The van der Waals surface area contributed by atoms with Gasteiger partial charge in [-0.2, -0.15) is 5.10 Å². The maximum absolute atomic E-state index is 12.1. The molecule has 0 aromatic heterocycles. The molecule has 2 rings (SSSR count). The van der Waals surface area contributed by atoms with Crippen molar-refractivity contribution in [1.82, 2.24) is 5.43 Å². The minimum Gasteiger partial charge on any atom is -0.490 e. The third-order valence-electron chi connectivity index (χ3n) is 3.99. The average molecular weight is 399 g/mol. The predicted molar refractivity (Wildman–Crippen MR) is 111 cm³/mol. The van der Waals surface area contributed by atoms with Crippen molar-refractivity contribution in [2.45, 2.75) is 33.1 Å². The number of amides is 1. The SMILES string of the molecule is CCCCCOc1ccc(/C=N/NC(=O)c2ccc([N+](=O)[O-])cc2)cc1OCC. The first-order valence-corrected chi connectivity index (χ1v) is 9.52. The van der Waals surface area contributed by atoms with Crippen molar-refractivity contribution in [1.29, 1.82) is 0 Å². The zero-order chi connectivity index (χ0) is 21.1. The van der Waals surface area contributed by atoms with Crippen molar-refractivity contribution in [2.24, 2.45) is 5.10 Å². The van der Waals surface area contributed by atoms with E-state index in [1.165, 1.54) is 30.5 Å². The van der Waals surface area contributed by atoms with Gasteiger partial charge in [-0.1, -0.05) is 19.8 Å². The molecule has 29 heavy (non-hydrogen) atoms. The summed E-state index contributed by atoms with van der Waals surface area (Å²) in [5.41, 5.74) is 3.33. The number of unbranched alkanes of at least 4 members (excludes halogenated alkanes) is 2. The van der Waals surface area contributed by atoms with Gasteiger partial charge in [0.2, 0.25) is 0 Å². The van der Waals surface area contributed by atoms with Crippen LogP contribution in [0.5, 0.6) is 11.5 Å². The number of hydrogen-bond donors (Lipinski definition) is 1. The van der Waals surface area contributed by atoms with Crippen LogP contribution < -0.4 is 14.9 Å². The van der Waals surface area contributed by atoms with Crippen LogP contribution in [0.2, 0.25) is 0 Å². The lowest BCUT2D eigenvalue weighted by Crippen LogP contribution is -2.17. The number of benzene rings is 2. The van der Waals surface area contributed by atoms with E-state index in [9.17, 15) is 14.9 Å². The Morgan fingerprint density at radius 2 is 1.86 bits per heavy atom. The molecule has 0 saturated carbocycles. The lowest BCUT2D eigenvalue weighted by Gasteiger charge is -2.12. The number of nitro benzene ring substituents is 1. The number of carbonyl (C=O) groups excluding carboxylic acids is 1. The lowest BCUT2D eigenvalue weighted by atomic mass is 10.2. The van der Waals surface area contributed by atoms with E-state index in [1.807, 2.05) is 19.1 Å². The monoisotopic (exact) mass is 399 g/mol. The molecule has 1 N–H and O–H groups in total. The van der Waals surface area contributed by atoms with E-state index in [1.54, 1.807) is 6.07 Å². The molecular weight excluding hydrogens is 374 g/mol. The number of nitrogens with one attached hydrogen (secondary N) is 1. The average Bonchev–Trinajstić information content (AvgIpc) is 2.72. The zero-order valence-electron chi connectivity index (χ0n) is 16.6. The van der Waals surface area contributed by atoms with Crippen molar-refractivity contribution < 1.29 is 19.2 Å². The van der Waals surface area contributed by atoms with Crippen LogP contribution in [0.3, 0.4) is 0 Å². The molecule has 0 radical (unpaired) electrons. The third kappa shape index (κ3) is 6.91. The van der Waals surface area contributed by atoms with E-state index < -0.39 is 10.8 Å². The number of nitrogens with zero attached hydrogens (tertiary/aromatic N) is 2. The predicted octanol–water partition coefficient (Wildman–Crippen LogP) is 4.33. The van der Waals surface area contributed by atoms with Crippen LogP contribution in [0, 0.1) is 10.1 Å². The van der Waals surface area contributed by atoms with Gasteiger partial charge in [0.05, 0.1) is 24.4 Å². The van der Waals surface area contributed by atoms with Crippen molar-refractivity contribution in [3.63, 3.8) is 0 Å². The Hall–Kier alpha value is -3.42. The number of carbonyl (C=O) groups is 1. The normalized spacial score (nSPS) is 10.7. The third-order valence-corrected chi connectivity index (χ3v) is 3.99. The maximum Gasteiger partial charge on any atom is 0.271 e. The van der Waals surface area contributed by atoms with Crippen LogP contribution in [0.1, 0.15) is 49.0 Å². The quantitative estimate of drug-likeness (QED) is 0.262. The molecule has 0 spiro atoms. The molecular formula is C21H25N3O5. The number of hydrogen-bond acceptors (Lipinski definition) is 6. The minimum absolute atomic E-state index is 0.0782. The van der Waals surface area contributed by atoms with Crippen molar-refractivity contribution in [2.75, 3.05) is 13.2 Å². The van der Waals surface area contributed by atoms with Gasteiger partial charge in [-0.3, -0.25) is 14.9 Å². The summed E-state index contributed by atoms with van der Waals surface area (Å²) in [5.74, 6) is 0.835. The molecule has 0 fully saturated rings. The van der Waals surface area contributed by atoms with E-state index in [0.29, 0.717) is 24.7 Å². The summed E-state index contributed by atoms with van der Waals surface area (Å²) in [6, 6.07) is 10.7. The van der Waals surface area contributed by atoms with Crippen LogP contribution in [0.15, 0.2) is 47.6 Å². The summed E-state index contributed by atoms with van der Waals surface area (Å²) < 4.78 is 11.4. The van der Waals surface area contributed by atoms with Gasteiger partial charge < -0.3 is 9.47 Å². The Bertz CT molecular complexity index is 850. The highest BCUT2D eigenvalue weighted by atomic mass is 16.6. The first-order chi connectivity index (χ1) is 14.0. The molecule has 0 aliphatic carbocycles. The van der Waals surface area contributed by atoms with E-state index in [-0.39, 0.29) is 11.3 Å². The van der Waals surface area contributed by atoms with E-state index >= 15 is 0 Å². The molecule has 2 aromatic rings. The van der Waals surface area contributed by atoms with Gasteiger partial charge in [-0.05, 0) is 49.2 Å². The van der Waals surface area contributed by atoms with E-state index in [2.05, 4.69) is 17.5 Å². The summed E-state index contributed by atoms with van der Waals surface area (Å²) >= 11 is 0. The fourth-order valence-electron chi connectivity index (χ4n) is 2.49. The molecule has 0 aliphatic rings. The van der Waals surface area contributed by atoms with Gasteiger partial charge in [0, 0.05) is 17.7 Å². The molecule has 0 heterocycles. The number of rotatable bonds is 11. The highest BCUT2D eigenvalue weighted by Crippen LogP contribution is 2.28. The van der Waals surface area contributed by atoms with Gasteiger partial charge in [0.25, 0.3) is 11.6 Å². The minimum atomic E-state index is -0.521. The van der Waals surface area contributed by atoms with Gasteiger partial charge in [0.15, 0.2) is 11.5 Å². The molecule has 0 atom stereocenters. The van der Waals surface area contributed by atoms with Crippen LogP contribution in [-0.4, -0.2) is 30.3 Å². The number of nitro groups is 1. The number of non-ortho nitro benzene ring substituents is 1. The molecule has 8 heteroatoms. The first-order valence-electron chi connectivity index (χ1n) is 9.52. The summed E-state index contributed by atoms with van der Waals surface area (Å²) in [5, 5.41) is 14.6. The second-order valence-electron chi connectivity index (χ2n) is 6.20. The Labute approximate surface area is 169 Å². The standard InChI is InChI=1S/C21H25N3O5/c1-3-5-6-13-29-19-12-7-16(14-20(19)28-4-2)15-22-23-21(25)17-8-10-18(11-9-17)24(26)27/h7-12,14-15H,3-6,13H2,1-2H3,(H,23,25)/b22-15+. The number of ether oxygens (including phenoxy) is 2. The first kappa shape index (κ1) is 21.9. The molecule has 8 nitrogen and oxygen atoms in total. The Morgan fingerprint density at radius 3 is 2.52 bits per heavy atom. The van der Waals surface area contributed by atoms with Crippen LogP contribution >= 0.6 is 0 Å². The fraction of sp³-hybridized carbons (Fsp3) is 0.333. The summed E-state index contributed by atoms with van der Waals surface area (Å²) in [4.78, 5) is 22.2. The largest absolute Gasteiger partial charge is 0.490 e. The Morgan fingerprint density at radius 1 is 1.10 bits per heavy atom. The zero-order valence-corrected chi connectivity index (χ0v) is 16.6. The van der Waals surface area contributed by atoms with Gasteiger partial charge in [-0.15, -0.1) is 0 Å². The molecule has 154 valence electrons. The fourth-order valence-corrected chi connectivity index (χ4v) is 2.49. The van der Waals surface area contributed by atoms with Crippen LogP contribution in [-0.2, 0) is 0 Å². The maximum atomic E-state index is 12.1. The van der Waals surface area contributed by atoms with Crippen molar-refractivity contribution in [3.05, 3.63) is 63.7 Å². The highest BCUT2D eigenvalue weighted by molar-refractivity contribution is 5.95. The molecule has 0 saturated heterocycles. The van der Waals surface area contributed by atoms with Crippen LogP contribution in [0.4, 0.5) is 5.69 Å². The second kappa shape index (κ2) is 11.4. The topological polar surface area (TPSA) is 103 Å². The van der Waals surface area contributed by atoms with Crippen molar-refractivity contribution in [3.8, 4) is 11.5 Å². The van der Waals surface area contributed by atoms with Crippen molar-refractivity contribution >= 4 is 17.8 Å². The second-order valence-corrected chi connectivity index (χ2v) is 6.20. The van der Waals surface area contributed by atoms with Crippen LogP contribution in [0.25, 0.3) is 0 Å². The highest BCUT2D eigenvalue weighted by Gasteiger charge is 2.09. The Balaban J connectivity index is 1.98. The number of hydrazone groups is 1. The summed E-state index contributed by atoms with van der Waals surface area (Å²) in [6.45, 7) is 5.17. The smallest absolute Gasteiger partial charge is 0.271 e. The van der Waals surface area contributed by atoms with Gasteiger partial charge in [-0.25, -0.2) is 5.43 Å².